The van der Waals surface area contributed by atoms with Crippen LogP contribution >= 0.6 is 0 Å². The Hall–Kier alpha value is 0.503. The predicted molar refractivity (Wildman–Crippen MR) is 80.2 cm³/mol. The fourth-order valence-corrected chi connectivity index (χ4v) is 2.30. The van der Waals surface area contributed by atoms with Crippen molar-refractivity contribution in [3.05, 3.63) is 0 Å². The minimum absolute atomic E-state index is 0. The maximum atomic E-state index is 5.71. The van der Waals surface area contributed by atoms with Crippen molar-refractivity contribution in [2.45, 2.75) is 85.0 Å². The fraction of sp³-hybridized carbons (Fsp3) is 1.00. The standard InChI is InChI=1S/C16H34O3.Ru/c1-5-9-10-11-12-13-14-15-16(17-6-2,18-7-3)19-8-4;/h5-15H2,1-4H3;. The molecule has 0 saturated heterocycles. The molecule has 0 bridgehead atoms. The van der Waals surface area contributed by atoms with Gasteiger partial charge in [0.25, 0.3) is 5.97 Å². The summed E-state index contributed by atoms with van der Waals surface area (Å²) in [6, 6.07) is 0. The molecule has 4 heteroatoms. The summed E-state index contributed by atoms with van der Waals surface area (Å²) in [7, 11) is 0. The van der Waals surface area contributed by atoms with Gasteiger partial charge in [-0.3, -0.25) is 0 Å². The van der Waals surface area contributed by atoms with Crippen LogP contribution in [0.1, 0.15) is 79.1 Å². The van der Waals surface area contributed by atoms with E-state index in [0.29, 0.717) is 19.8 Å². The van der Waals surface area contributed by atoms with Crippen molar-refractivity contribution >= 4 is 0 Å². The molecule has 0 spiro atoms. The van der Waals surface area contributed by atoms with Gasteiger partial charge in [0.15, 0.2) is 0 Å². The maximum Gasteiger partial charge on any atom is 0.282 e. The molecule has 0 aromatic heterocycles. The second kappa shape index (κ2) is 15.9. The van der Waals surface area contributed by atoms with Crippen LogP contribution in [0.2, 0.25) is 0 Å². The van der Waals surface area contributed by atoms with E-state index in [1.54, 1.807) is 0 Å². The van der Waals surface area contributed by atoms with E-state index in [9.17, 15) is 0 Å². The zero-order chi connectivity index (χ0) is 14.4. The molecule has 0 N–H and O–H groups in total. The van der Waals surface area contributed by atoms with Crippen LogP contribution in [0, 0.1) is 0 Å². The van der Waals surface area contributed by atoms with Crippen LogP contribution in [0.3, 0.4) is 0 Å². The number of hydrogen-bond acceptors (Lipinski definition) is 3. The van der Waals surface area contributed by atoms with E-state index >= 15 is 0 Å². The van der Waals surface area contributed by atoms with Gasteiger partial charge in [-0.1, -0.05) is 45.4 Å². The third-order valence-corrected chi connectivity index (χ3v) is 3.18. The molecular weight excluding hydrogens is 341 g/mol. The van der Waals surface area contributed by atoms with Gasteiger partial charge in [-0.2, -0.15) is 0 Å². The summed E-state index contributed by atoms with van der Waals surface area (Å²) in [6.45, 7) is 10.1. The number of rotatable bonds is 14. The first-order valence-corrected chi connectivity index (χ1v) is 8.16. The van der Waals surface area contributed by atoms with Crippen molar-refractivity contribution in [2.24, 2.45) is 0 Å². The molecule has 0 aliphatic rings. The molecule has 0 fully saturated rings. The Balaban J connectivity index is 0. The molecule has 0 radical (unpaired) electrons. The second-order valence-electron chi connectivity index (χ2n) is 4.85. The average Bonchev–Trinajstić information content (AvgIpc) is 2.39. The predicted octanol–water partition coefficient (Wildman–Crippen LogP) is 4.89. The summed E-state index contributed by atoms with van der Waals surface area (Å²) in [4.78, 5) is 0. The van der Waals surface area contributed by atoms with Gasteiger partial charge >= 0.3 is 0 Å². The molecule has 0 aliphatic heterocycles. The van der Waals surface area contributed by atoms with Crippen molar-refractivity contribution in [3.63, 3.8) is 0 Å². The Morgan fingerprint density at radius 2 is 1.00 bits per heavy atom. The molecule has 0 heterocycles. The van der Waals surface area contributed by atoms with E-state index in [1.165, 1.54) is 38.5 Å². The Kier molecular flexibility index (Phi) is 18.1. The summed E-state index contributed by atoms with van der Waals surface area (Å²) in [5.74, 6) is -0.804. The van der Waals surface area contributed by atoms with Crippen LogP contribution in [0.5, 0.6) is 0 Å². The first-order chi connectivity index (χ1) is 9.24. The zero-order valence-corrected chi connectivity index (χ0v) is 15.6. The van der Waals surface area contributed by atoms with Crippen LogP contribution in [0.4, 0.5) is 0 Å². The second-order valence-corrected chi connectivity index (χ2v) is 4.85. The SMILES string of the molecule is CCCCCCCCCC(OCC)(OCC)OCC.[Ru]. The molecule has 0 aliphatic carbocycles. The Bertz CT molecular complexity index is 172. The van der Waals surface area contributed by atoms with Gasteiger partial charge in [0.05, 0.1) is 0 Å². The number of ether oxygens (including phenoxy) is 3. The number of hydrogen-bond donors (Lipinski definition) is 0. The molecule has 0 rings (SSSR count). The first kappa shape index (κ1) is 22.8. The van der Waals surface area contributed by atoms with Crippen molar-refractivity contribution < 1.29 is 33.7 Å². The molecule has 0 aromatic carbocycles. The van der Waals surface area contributed by atoms with Crippen LogP contribution in [0.25, 0.3) is 0 Å². The summed E-state index contributed by atoms with van der Waals surface area (Å²) >= 11 is 0. The van der Waals surface area contributed by atoms with E-state index in [1.807, 2.05) is 20.8 Å². The van der Waals surface area contributed by atoms with Crippen molar-refractivity contribution in [1.82, 2.24) is 0 Å². The van der Waals surface area contributed by atoms with Crippen molar-refractivity contribution in [3.8, 4) is 0 Å². The third-order valence-electron chi connectivity index (χ3n) is 3.18. The quantitative estimate of drug-likeness (QED) is 0.246. The summed E-state index contributed by atoms with van der Waals surface area (Å²) in [6.07, 6.45) is 9.85. The summed E-state index contributed by atoms with van der Waals surface area (Å²) < 4.78 is 17.1. The average molecular weight is 376 g/mol. The van der Waals surface area contributed by atoms with E-state index in [4.69, 9.17) is 14.2 Å². The zero-order valence-electron chi connectivity index (χ0n) is 13.9. The molecule has 0 amide bonds. The van der Waals surface area contributed by atoms with Gasteiger partial charge in [0.1, 0.15) is 0 Å². The molecular formula is C16H34O3Ru. The molecule has 0 atom stereocenters. The number of unbranched alkanes of at least 4 members (excludes halogenated alkanes) is 6. The van der Waals surface area contributed by atoms with E-state index in [-0.39, 0.29) is 19.5 Å². The Labute approximate surface area is 138 Å². The van der Waals surface area contributed by atoms with Crippen LogP contribution in [0.15, 0.2) is 0 Å². The summed E-state index contributed by atoms with van der Waals surface area (Å²) in [5, 5.41) is 0. The molecule has 0 aromatic rings. The Morgan fingerprint density at radius 1 is 0.600 bits per heavy atom. The maximum absolute atomic E-state index is 5.71. The minimum Gasteiger partial charge on any atom is -0.328 e. The van der Waals surface area contributed by atoms with Gasteiger partial charge in [-0.05, 0) is 27.2 Å². The molecule has 20 heavy (non-hydrogen) atoms. The monoisotopic (exact) mass is 376 g/mol. The van der Waals surface area contributed by atoms with Gasteiger partial charge < -0.3 is 14.2 Å². The first-order valence-electron chi connectivity index (χ1n) is 8.16. The minimum atomic E-state index is -0.804. The van der Waals surface area contributed by atoms with E-state index < -0.39 is 5.97 Å². The van der Waals surface area contributed by atoms with Gasteiger partial charge in [-0.25, -0.2) is 0 Å². The molecule has 0 unspecified atom stereocenters. The van der Waals surface area contributed by atoms with Crippen LogP contribution in [-0.2, 0) is 33.7 Å². The molecule has 0 saturated carbocycles. The topological polar surface area (TPSA) is 27.7 Å². The fourth-order valence-electron chi connectivity index (χ4n) is 2.30. The van der Waals surface area contributed by atoms with Gasteiger partial charge in [0.2, 0.25) is 0 Å². The van der Waals surface area contributed by atoms with Crippen LogP contribution < -0.4 is 0 Å². The molecule has 124 valence electrons. The molecule has 3 nitrogen and oxygen atoms in total. The van der Waals surface area contributed by atoms with Gasteiger partial charge in [0, 0.05) is 45.7 Å². The summed E-state index contributed by atoms with van der Waals surface area (Å²) in [5.41, 5.74) is 0. The van der Waals surface area contributed by atoms with E-state index in [2.05, 4.69) is 6.92 Å². The normalized spacial score (nSPS) is 11.4. The van der Waals surface area contributed by atoms with Crippen molar-refractivity contribution in [1.29, 1.82) is 0 Å². The Morgan fingerprint density at radius 3 is 1.40 bits per heavy atom. The van der Waals surface area contributed by atoms with Crippen molar-refractivity contribution in [2.75, 3.05) is 19.8 Å². The van der Waals surface area contributed by atoms with Crippen LogP contribution in [-0.4, -0.2) is 25.8 Å². The smallest absolute Gasteiger partial charge is 0.282 e. The van der Waals surface area contributed by atoms with E-state index in [0.717, 1.165) is 12.8 Å². The third kappa shape index (κ3) is 11.2. The van der Waals surface area contributed by atoms with Gasteiger partial charge in [-0.15, -0.1) is 0 Å². The largest absolute Gasteiger partial charge is 0.328 e.